The van der Waals surface area contributed by atoms with E-state index in [1.165, 1.54) is 24.0 Å². The molecule has 0 aliphatic carbocycles. The van der Waals surface area contributed by atoms with Crippen molar-refractivity contribution in [2.75, 3.05) is 18.0 Å². The van der Waals surface area contributed by atoms with Crippen LogP contribution < -0.4 is 4.90 Å². The monoisotopic (exact) mass is 425 g/mol. The molecule has 0 saturated carbocycles. The van der Waals surface area contributed by atoms with Gasteiger partial charge in [-0.05, 0) is 51.3 Å². The molecule has 1 aromatic carbocycles. The minimum atomic E-state index is -4.80. The van der Waals surface area contributed by atoms with Crippen molar-refractivity contribution >= 4 is 11.6 Å². The zero-order valence-corrected chi connectivity index (χ0v) is 17.0. The second-order valence-electron chi connectivity index (χ2n) is 8.75. The maximum Gasteiger partial charge on any atom is 0.452 e. The number of hydrogen-bond acceptors (Lipinski definition) is 4. The van der Waals surface area contributed by atoms with Gasteiger partial charge in [0.1, 0.15) is 5.82 Å². The second kappa shape index (κ2) is 6.72. The van der Waals surface area contributed by atoms with Crippen molar-refractivity contribution < 1.29 is 26.8 Å². The molecule has 1 aromatic heterocycles. The number of aromatic nitrogens is 1. The highest BCUT2D eigenvalue weighted by Gasteiger charge is 2.56. The molecule has 1 amide bonds. The number of nitrogens with zero attached hydrogens (tertiary/aromatic N) is 3. The standard InChI is InChI=1S/C21H23F4N3O2/c1-13-26-16(17(30-13)21(23,24)25)18(29)27-9-5-8-20(27)11-19(2,3)28(12-20)15-7-4-6-14(22)10-15/h4,6-7,10H,5,8-9,11-12H2,1-3H3. The van der Waals surface area contributed by atoms with E-state index in [1.807, 2.05) is 18.7 Å². The number of halogens is 4. The highest BCUT2D eigenvalue weighted by atomic mass is 19.4. The number of amides is 1. The van der Waals surface area contributed by atoms with Gasteiger partial charge in [-0.15, -0.1) is 0 Å². The molecule has 1 unspecified atom stereocenters. The molecule has 1 spiro atoms. The zero-order valence-electron chi connectivity index (χ0n) is 17.0. The Morgan fingerprint density at radius 3 is 2.67 bits per heavy atom. The van der Waals surface area contributed by atoms with E-state index < -0.39 is 34.6 Å². The Morgan fingerprint density at radius 1 is 1.27 bits per heavy atom. The Morgan fingerprint density at radius 2 is 2.00 bits per heavy atom. The summed E-state index contributed by atoms with van der Waals surface area (Å²) in [6, 6.07) is 6.22. The number of alkyl halides is 3. The predicted molar refractivity (Wildman–Crippen MR) is 102 cm³/mol. The summed E-state index contributed by atoms with van der Waals surface area (Å²) in [7, 11) is 0. The van der Waals surface area contributed by atoms with Crippen LogP contribution in [0.5, 0.6) is 0 Å². The molecule has 1 atom stereocenters. The van der Waals surface area contributed by atoms with E-state index in [0.717, 1.165) is 0 Å². The molecule has 162 valence electrons. The first-order valence-corrected chi connectivity index (χ1v) is 9.83. The van der Waals surface area contributed by atoms with E-state index in [9.17, 15) is 22.4 Å². The lowest BCUT2D eigenvalue weighted by molar-refractivity contribution is -0.153. The van der Waals surface area contributed by atoms with Crippen LogP contribution in [-0.2, 0) is 6.18 Å². The summed E-state index contributed by atoms with van der Waals surface area (Å²) in [4.78, 5) is 20.5. The van der Waals surface area contributed by atoms with Crippen LogP contribution in [0.1, 0.15) is 55.2 Å². The van der Waals surface area contributed by atoms with E-state index in [2.05, 4.69) is 4.98 Å². The first kappa shape index (κ1) is 20.7. The number of oxazole rings is 1. The third-order valence-corrected chi connectivity index (χ3v) is 6.10. The maximum atomic E-state index is 13.8. The Kier molecular flexibility index (Phi) is 4.63. The molecule has 0 N–H and O–H groups in total. The van der Waals surface area contributed by atoms with Gasteiger partial charge >= 0.3 is 6.18 Å². The fourth-order valence-corrected chi connectivity index (χ4v) is 5.05. The Labute approximate surface area is 171 Å². The van der Waals surface area contributed by atoms with E-state index in [4.69, 9.17) is 4.42 Å². The third-order valence-electron chi connectivity index (χ3n) is 6.10. The maximum absolute atomic E-state index is 13.8. The van der Waals surface area contributed by atoms with Crippen molar-refractivity contribution in [3.63, 3.8) is 0 Å². The molecule has 2 aliphatic rings. The zero-order chi connectivity index (χ0) is 21.9. The summed E-state index contributed by atoms with van der Waals surface area (Å²) in [5.41, 5.74) is -1.07. The van der Waals surface area contributed by atoms with Gasteiger partial charge in [-0.1, -0.05) is 6.07 Å². The van der Waals surface area contributed by atoms with E-state index in [-0.39, 0.29) is 11.7 Å². The average Bonchev–Trinajstić information content (AvgIpc) is 3.29. The van der Waals surface area contributed by atoms with Crippen LogP contribution in [0.15, 0.2) is 28.7 Å². The first-order valence-electron chi connectivity index (χ1n) is 9.83. The normalized spacial score (nSPS) is 23.6. The van der Waals surface area contributed by atoms with Crippen LogP contribution in [0, 0.1) is 12.7 Å². The minimum absolute atomic E-state index is 0.202. The largest absolute Gasteiger partial charge is 0.452 e. The topological polar surface area (TPSA) is 49.6 Å². The van der Waals surface area contributed by atoms with E-state index in [1.54, 1.807) is 12.1 Å². The molecule has 3 heterocycles. The highest BCUT2D eigenvalue weighted by molar-refractivity contribution is 5.94. The molecule has 2 aliphatic heterocycles. The smallest absolute Gasteiger partial charge is 0.436 e. The molecule has 2 aromatic rings. The predicted octanol–water partition coefficient (Wildman–Crippen LogP) is 4.80. The number of hydrogen-bond donors (Lipinski definition) is 0. The summed E-state index contributed by atoms with van der Waals surface area (Å²) in [5.74, 6) is -2.69. The van der Waals surface area contributed by atoms with Gasteiger partial charge in [0.15, 0.2) is 11.6 Å². The van der Waals surface area contributed by atoms with Gasteiger partial charge in [0.25, 0.3) is 5.91 Å². The second-order valence-corrected chi connectivity index (χ2v) is 8.75. The molecule has 5 nitrogen and oxygen atoms in total. The molecular weight excluding hydrogens is 402 g/mol. The Hall–Kier alpha value is -2.58. The average molecular weight is 425 g/mol. The summed E-state index contributed by atoms with van der Waals surface area (Å²) in [5, 5.41) is 0. The molecule has 9 heteroatoms. The minimum Gasteiger partial charge on any atom is -0.436 e. The Balaban J connectivity index is 1.70. The molecule has 2 fully saturated rings. The fourth-order valence-electron chi connectivity index (χ4n) is 5.05. The molecule has 30 heavy (non-hydrogen) atoms. The van der Waals surface area contributed by atoms with Crippen molar-refractivity contribution in [1.82, 2.24) is 9.88 Å². The van der Waals surface area contributed by atoms with Crippen molar-refractivity contribution in [2.45, 2.75) is 57.3 Å². The number of carbonyl (C=O) groups is 1. The molecule has 2 saturated heterocycles. The lowest BCUT2D eigenvalue weighted by Gasteiger charge is -2.35. The quantitative estimate of drug-likeness (QED) is 0.649. The summed E-state index contributed by atoms with van der Waals surface area (Å²) in [6.07, 6.45) is -2.91. The van der Waals surface area contributed by atoms with Crippen LogP contribution in [-0.4, -0.2) is 40.0 Å². The molecule has 4 rings (SSSR count). The SMILES string of the molecule is Cc1nc(C(=O)N2CCCC23CN(c2cccc(F)c2)C(C)(C)C3)c(C(F)(F)F)o1. The summed E-state index contributed by atoms with van der Waals surface area (Å²) >= 11 is 0. The number of benzene rings is 1. The van der Waals surface area contributed by atoms with Crippen molar-refractivity contribution in [3.05, 3.63) is 47.4 Å². The number of rotatable bonds is 2. The molecule has 0 radical (unpaired) electrons. The first-order chi connectivity index (χ1) is 13.9. The van der Waals surface area contributed by atoms with Crippen LogP contribution in [0.3, 0.4) is 0 Å². The van der Waals surface area contributed by atoms with Gasteiger partial charge in [0.2, 0.25) is 5.76 Å². The third kappa shape index (κ3) is 3.33. The van der Waals surface area contributed by atoms with E-state index in [0.29, 0.717) is 38.0 Å². The van der Waals surface area contributed by atoms with Crippen LogP contribution in [0.4, 0.5) is 23.2 Å². The molecule has 0 bridgehead atoms. The van der Waals surface area contributed by atoms with Gasteiger partial charge in [-0.3, -0.25) is 4.79 Å². The van der Waals surface area contributed by atoms with Gasteiger partial charge in [-0.2, -0.15) is 13.2 Å². The Bertz CT molecular complexity index is 985. The van der Waals surface area contributed by atoms with Gasteiger partial charge in [0.05, 0.1) is 5.54 Å². The summed E-state index contributed by atoms with van der Waals surface area (Å²) < 4.78 is 58.7. The van der Waals surface area contributed by atoms with E-state index >= 15 is 0 Å². The van der Waals surface area contributed by atoms with Gasteiger partial charge in [-0.25, -0.2) is 9.37 Å². The highest BCUT2D eigenvalue weighted by Crippen LogP contribution is 2.48. The summed E-state index contributed by atoms with van der Waals surface area (Å²) in [6.45, 7) is 6.03. The molecular formula is C21H23F4N3O2. The lowest BCUT2D eigenvalue weighted by Crippen LogP contribution is -2.49. The van der Waals surface area contributed by atoms with Crippen molar-refractivity contribution in [2.24, 2.45) is 0 Å². The lowest BCUT2D eigenvalue weighted by atomic mass is 9.87. The number of carbonyl (C=O) groups excluding carboxylic acids is 1. The van der Waals surface area contributed by atoms with Crippen molar-refractivity contribution in [3.8, 4) is 0 Å². The van der Waals surface area contributed by atoms with Gasteiger partial charge in [0, 0.05) is 31.2 Å². The van der Waals surface area contributed by atoms with Crippen molar-refractivity contribution in [1.29, 1.82) is 0 Å². The number of anilines is 1. The van der Waals surface area contributed by atoms with Gasteiger partial charge < -0.3 is 14.2 Å². The van der Waals surface area contributed by atoms with Crippen LogP contribution >= 0.6 is 0 Å². The number of likely N-dealkylation sites (tertiary alicyclic amines) is 1. The van der Waals surface area contributed by atoms with Crippen LogP contribution in [0.25, 0.3) is 0 Å². The fraction of sp³-hybridized carbons (Fsp3) is 0.524. The van der Waals surface area contributed by atoms with Crippen LogP contribution in [0.2, 0.25) is 0 Å². The number of aryl methyl sites for hydroxylation is 1.